The van der Waals surface area contributed by atoms with Gasteiger partial charge in [0.25, 0.3) is 0 Å². The Labute approximate surface area is 133 Å². The number of hydrogen-bond acceptors (Lipinski definition) is 4. The molecule has 2 aliphatic rings. The van der Waals surface area contributed by atoms with Crippen LogP contribution in [-0.2, 0) is 4.79 Å². The highest BCUT2D eigenvalue weighted by atomic mass is 19.1. The first-order valence-electron chi connectivity index (χ1n) is 7.85. The molecule has 2 saturated heterocycles. The quantitative estimate of drug-likeness (QED) is 0.884. The maximum Gasteiger partial charge on any atom is 0.328 e. The first-order chi connectivity index (χ1) is 11.1. The Kier molecular flexibility index (Phi) is 4.47. The Hall–Kier alpha value is -2.15. The van der Waals surface area contributed by atoms with Gasteiger partial charge < -0.3 is 10.0 Å². The zero-order valence-corrected chi connectivity index (χ0v) is 12.8. The van der Waals surface area contributed by atoms with Gasteiger partial charge in [-0.15, -0.1) is 0 Å². The molecule has 0 aliphatic carbocycles. The number of anilines is 2. The largest absolute Gasteiger partial charge is 0.396 e. The van der Waals surface area contributed by atoms with Crippen molar-refractivity contribution >= 4 is 23.3 Å². The number of nitrogens with one attached hydrogen (secondary N) is 1. The molecule has 0 bridgehead atoms. The third-order valence-corrected chi connectivity index (χ3v) is 4.51. The third kappa shape index (κ3) is 3.29. The van der Waals surface area contributed by atoms with Crippen LogP contribution in [0.4, 0.5) is 20.6 Å². The number of urea groups is 1. The van der Waals surface area contributed by atoms with Crippen LogP contribution in [0.3, 0.4) is 0 Å². The van der Waals surface area contributed by atoms with Crippen LogP contribution < -0.4 is 15.1 Å². The van der Waals surface area contributed by atoms with Crippen LogP contribution in [0.2, 0.25) is 0 Å². The highest BCUT2D eigenvalue weighted by Gasteiger charge is 2.26. The van der Waals surface area contributed by atoms with Crippen molar-refractivity contribution in [2.24, 2.45) is 5.92 Å². The summed E-state index contributed by atoms with van der Waals surface area (Å²) in [7, 11) is 0. The fourth-order valence-corrected chi connectivity index (χ4v) is 3.09. The van der Waals surface area contributed by atoms with Gasteiger partial charge in [0.05, 0.1) is 5.69 Å². The smallest absolute Gasteiger partial charge is 0.328 e. The van der Waals surface area contributed by atoms with E-state index in [1.54, 1.807) is 12.1 Å². The zero-order valence-electron chi connectivity index (χ0n) is 12.8. The van der Waals surface area contributed by atoms with Gasteiger partial charge in [0.15, 0.2) is 0 Å². The summed E-state index contributed by atoms with van der Waals surface area (Å²) in [6.07, 6.45) is 1.90. The van der Waals surface area contributed by atoms with Gasteiger partial charge >= 0.3 is 6.03 Å². The van der Waals surface area contributed by atoms with Gasteiger partial charge in [-0.1, -0.05) is 0 Å². The Morgan fingerprint density at radius 1 is 1.22 bits per heavy atom. The number of nitrogens with zero attached hydrogens (tertiary/aromatic N) is 2. The molecule has 6 nitrogen and oxygen atoms in total. The van der Waals surface area contributed by atoms with Gasteiger partial charge in [-0.05, 0) is 37.0 Å². The first kappa shape index (κ1) is 15.7. The van der Waals surface area contributed by atoms with Crippen LogP contribution in [0.1, 0.15) is 19.3 Å². The average molecular weight is 321 g/mol. The number of piperidine rings is 1. The van der Waals surface area contributed by atoms with Crippen molar-refractivity contribution in [3.05, 3.63) is 24.0 Å². The van der Waals surface area contributed by atoms with E-state index < -0.39 is 6.03 Å². The number of aliphatic hydroxyl groups is 1. The zero-order chi connectivity index (χ0) is 16.4. The molecule has 2 N–H and O–H groups in total. The Balaban J connectivity index is 1.73. The topological polar surface area (TPSA) is 72.9 Å². The second kappa shape index (κ2) is 6.54. The summed E-state index contributed by atoms with van der Waals surface area (Å²) in [4.78, 5) is 26.3. The van der Waals surface area contributed by atoms with Crippen molar-refractivity contribution in [3.63, 3.8) is 0 Å². The van der Waals surface area contributed by atoms with Gasteiger partial charge in [-0.3, -0.25) is 15.0 Å². The summed E-state index contributed by atoms with van der Waals surface area (Å²) >= 11 is 0. The molecular weight excluding hydrogens is 301 g/mol. The van der Waals surface area contributed by atoms with E-state index in [2.05, 4.69) is 5.32 Å². The first-order valence-corrected chi connectivity index (χ1v) is 7.85. The summed E-state index contributed by atoms with van der Waals surface area (Å²) in [6.45, 7) is 1.85. The molecule has 0 saturated carbocycles. The fraction of sp³-hybridized carbons (Fsp3) is 0.500. The van der Waals surface area contributed by atoms with Gasteiger partial charge in [0, 0.05) is 38.3 Å². The Bertz CT molecular complexity index is 615. The van der Waals surface area contributed by atoms with Crippen molar-refractivity contribution in [1.29, 1.82) is 0 Å². The summed E-state index contributed by atoms with van der Waals surface area (Å²) in [5, 5.41) is 11.4. The lowest BCUT2D eigenvalue weighted by molar-refractivity contribution is -0.120. The Morgan fingerprint density at radius 3 is 2.57 bits per heavy atom. The molecule has 23 heavy (non-hydrogen) atoms. The lowest BCUT2D eigenvalue weighted by Gasteiger charge is -2.33. The van der Waals surface area contributed by atoms with Gasteiger partial charge in [-0.25, -0.2) is 9.18 Å². The molecule has 3 rings (SSSR count). The molecule has 7 heteroatoms. The molecule has 124 valence electrons. The van der Waals surface area contributed by atoms with Crippen LogP contribution in [0.5, 0.6) is 0 Å². The molecule has 3 amide bonds. The number of amides is 3. The molecule has 2 fully saturated rings. The molecule has 0 radical (unpaired) electrons. The summed E-state index contributed by atoms with van der Waals surface area (Å²) in [5.74, 6) is -0.395. The van der Waals surface area contributed by atoms with Crippen molar-refractivity contribution in [3.8, 4) is 0 Å². The predicted molar refractivity (Wildman–Crippen MR) is 83.9 cm³/mol. The molecule has 0 unspecified atom stereocenters. The normalized spacial score (nSPS) is 19.9. The van der Waals surface area contributed by atoms with Crippen molar-refractivity contribution in [2.45, 2.75) is 19.3 Å². The molecule has 2 heterocycles. The van der Waals surface area contributed by atoms with Gasteiger partial charge in [0.1, 0.15) is 5.82 Å². The Morgan fingerprint density at radius 2 is 1.96 bits per heavy atom. The summed E-state index contributed by atoms with van der Waals surface area (Å²) < 4.78 is 14.5. The monoisotopic (exact) mass is 321 g/mol. The lowest BCUT2D eigenvalue weighted by Crippen LogP contribution is -2.49. The highest BCUT2D eigenvalue weighted by Crippen LogP contribution is 2.29. The number of aliphatic hydroxyl groups excluding tert-OH is 1. The molecule has 1 aromatic carbocycles. The second-order valence-corrected chi connectivity index (χ2v) is 6.00. The standard InChI is InChI=1S/C16H20FN3O3/c17-13-9-12(20-8-5-15(22)18-16(20)23)1-2-14(13)19-6-3-11(10-21)4-7-19/h1-2,9,11,21H,3-8,10H2,(H,18,22,23). The van der Waals surface area contributed by atoms with Gasteiger partial charge in [-0.2, -0.15) is 0 Å². The highest BCUT2D eigenvalue weighted by molar-refractivity contribution is 6.05. The van der Waals surface area contributed by atoms with Crippen LogP contribution in [-0.4, -0.2) is 43.3 Å². The second-order valence-electron chi connectivity index (χ2n) is 6.00. The van der Waals surface area contributed by atoms with Crippen molar-refractivity contribution in [1.82, 2.24) is 5.32 Å². The van der Waals surface area contributed by atoms with E-state index >= 15 is 0 Å². The minimum atomic E-state index is -0.517. The van der Waals surface area contributed by atoms with E-state index in [1.807, 2.05) is 4.90 Å². The number of halogens is 1. The molecule has 0 spiro atoms. The molecule has 0 atom stereocenters. The maximum atomic E-state index is 14.5. The maximum absolute atomic E-state index is 14.5. The number of rotatable bonds is 3. The van der Waals surface area contributed by atoms with E-state index in [0.717, 1.165) is 12.8 Å². The van der Waals surface area contributed by atoms with Crippen LogP contribution in [0, 0.1) is 11.7 Å². The molecule has 1 aromatic rings. The third-order valence-electron chi connectivity index (χ3n) is 4.51. The lowest BCUT2D eigenvalue weighted by atomic mass is 9.97. The summed E-state index contributed by atoms with van der Waals surface area (Å²) in [6, 6.07) is 4.19. The van der Waals surface area contributed by atoms with E-state index in [-0.39, 0.29) is 31.3 Å². The van der Waals surface area contributed by atoms with E-state index in [9.17, 15) is 14.0 Å². The van der Waals surface area contributed by atoms with Crippen LogP contribution >= 0.6 is 0 Å². The fourth-order valence-electron chi connectivity index (χ4n) is 3.09. The van der Waals surface area contributed by atoms with Gasteiger partial charge in [0.2, 0.25) is 5.91 Å². The molecule has 0 aromatic heterocycles. The summed E-state index contributed by atoms with van der Waals surface area (Å²) in [5.41, 5.74) is 0.958. The molecule has 2 aliphatic heterocycles. The number of carbonyl (C=O) groups is 2. The van der Waals surface area contributed by atoms with E-state index in [1.165, 1.54) is 11.0 Å². The predicted octanol–water partition coefficient (Wildman–Crippen LogP) is 1.48. The number of benzene rings is 1. The van der Waals surface area contributed by atoms with E-state index in [0.29, 0.717) is 30.4 Å². The van der Waals surface area contributed by atoms with E-state index in [4.69, 9.17) is 5.11 Å². The van der Waals surface area contributed by atoms with Crippen molar-refractivity contribution in [2.75, 3.05) is 36.0 Å². The SMILES string of the molecule is O=C1CCN(c2ccc(N3CCC(CO)CC3)c(F)c2)C(=O)N1. The number of carbonyl (C=O) groups excluding carboxylic acids is 2. The number of hydrogen-bond donors (Lipinski definition) is 2. The van der Waals surface area contributed by atoms with Crippen LogP contribution in [0.15, 0.2) is 18.2 Å². The molecular formula is C16H20FN3O3. The average Bonchev–Trinajstić information content (AvgIpc) is 2.55. The minimum Gasteiger partial charge on any atom is -0.396 e. The number of imide groups is 1. The van der Waals surface area contributed by atoms with Crippen LogP contribution in [0.25, 0.3) is 0 Å². The minimum absolute atomic E-state index is 0.179. The van der Waals surface area contributed by atoms with Crippen molar-refractivity contribution < 1.29 is 19.1 Å².